The van der Waals surface area contributed by atoms with Crippen LogP contribution < -0.4 is 5.63 Å². The number of carbonyl (C=O) groups is 1. The van der Waals surface area contributed by atoms with Gasteiger partial charge in [-0.1, -0.05) is 12.8 Å². The molecule has 0 unspecified atom stereocenters. The van der Waals surface area contributed by atoms with E-state index in [1.54, 1.807) is 0 Å². The van der Waals surface area contributed by atoms with E-state index in [4.69, 9.17) is 9.63 Å². The molecule has 1 fully saturated rings. The van der Waals surface area contributed by atoms with Crippen molar-refractivity contribution < 1.29 is 14.4 Å². The highest BCUT2D eigenvalue weighted by atomic mass is 16.5. The molecule has 0 spiro atoms. The van der Waals surface area contributed by atoms with Crippen molar-refractivity contribution in [1.29, 1.82) is 0 Å². The Bertz CT molecular complexity index is 437. The fraction of sp³-hybridized carbons (Fsp3) is 0.600. The summed E-state index contributed by atoms with van der Waals surface area (Å²) in [6, 6.07) is 0.0394. The average Bonchev–Trinajstić information content (AvgIpc) is 2.75. The first-order valence-corrected chi connectivity index (χ1v) is 5.07. The average molecular weight is 211 g/mol. The number of carboxylic acids is 1. The van der Waals surface area contributed by atoms with Gasteiger partial charge in [-0.15, -0.1) is 0 Å². The Hall–Kier alpha value is -1.52. The first-order chi connectivity index (χ1) is 7.11. The van der Waals surface area contributed by atoms with Crippen LogP contribution in [0, 0.1) is 6.92 Å². The fourth-order valence-corrected chi connectivity index (χ4v) is 2.12. The van der Waals surface area contributed by atoms with Crippen LogP contribution >= 0.6 is 0 Å². The first-order valence-electron chi connectivity index (χ1n) is 5.07. The van der Waals surface area contributed by atoms with E-state index in [0.29, 0.717) is 0 Å². The summed E-state index contributed by atoms with van der Waals surface area (Å²) >= 11 is 0. The highest BCUT2D eigenvalue weighted by molar-refractivity contribution is 5.87. The molecular weight excluding hydrogens is 198 g/mol. The van der Waals surface area contributed by atoms with E-state index in [1.807, 2.05) is 0 Å². The Balaban J connectivity index is 2.50. The van der Waals surface area contributed by atoms with E-state index in [1.165, 1.54) is 11.7 Å². The van der Waals surface area contributed by atoms with Gasteiger partial charge in [-0.05, 0) is 19.8 Å². The predicted molar refractivity (Wildman–Crippen MR) is 52.2 cm³/mol. The molecule has 82 valence electrons. The molecular formula is C10H13NO4. The Morgan fingerprint density at radius 1 is 1.47 bits per heavy atom. The molecule has 1 N–H and O–H groups in total. The van der Waals surface area contributed by atoms with E-state index < -0.39 is 11.6 Å². The monoisotopic (exact) mass is 211 g/mol. The van der Waals surface area contributed by atoms with Crippen LogP contribution in [0.25, 0.3) is 0 Å². The van der Waals surface area contributed by atoms with Gasteiger partial charge in [0.1, 0.15) is 0 Å². The maximum Gasteiger partial charge on any atom is 0.361 e. The molecule has 0 atom stereocenters. The van der Waals surface area contributed by atoms with Gasteiger partial charge < -0.3 is 9.63 Å². The van der Waals surface area contributed by atoms with Crippen LogP contribution in [0.15, 0.2) is 9.32 Å². The predicted octanol–water partition coefficient (Wildman–Crippen LogP) is 1.56. The van der Waals surface area contributed by atoms with Gasteiger partial charge in [-0.2, -0.15) is 4.74 Å². The minimum Gasteiger partial charge on any atom is -0.476 e. The molecule has 5 nitrogen and oxygen atoms in total. The van der Waals surface area contributed by atoms with Gasteiger partial charge in [-0.3, -0.25) is 0 Å². The highest BCUT2D eigenvalue weighted by Gasteiger charge is 2.27. The summed E-state index contributed by atoms with van der Waals surface area (Å²) in [7, 11) is 0. The third-order valence-electron chi connectivity index (χ3n) is 2.92. The Labute approximate surface area is 86.3 Å². The topological polar surface area (TPSA) is 72.4 Å². The fourth-order valence-electron chi connectivity index (χ4n) is 2.12. The first kappa shape index (κ1) is 10.0. The second-order valence-corrected chi connectivity index (χ2v) is 3.92. The van der Waals surface area contributed by atoms with Crippen molar-refractivity contribution in [1.82, 2.24) is 4.74 Å². The van der Waals surface area contributed by atoms with Gasteiger partial charge in [-0.25, -0.2) is 9.59 Å². The number of nitrogens with zero attached hydrogens (tertiary/aromatic N) is 1. The minimum absolute atomic E-state index is 0.00639. The standard InChI is InChI=1S/C10H13NO4/c1-6-8(9(12)13)11(15-10(6)14)7-4-2-3-5-7/h7H,2-5H2,1H3,(H,12,13). The van der Waals surface area contributed by atoms with Crippen molar-refractivity contribution in [2.45, 2.75) is 38.6 Å². The number of aromatic carboxylic acids is 1. The number of rotatable bonds is 2. The molecule has 0 aromatic carbocycles. The Kier molecular flexibility index (Phi) is 2.38. The smallest absolute Gasteiger partial charge is 0.361 e. The van der Waals surface area contributed by atoms with Crippen LogP contribution in [0.4, 0.5) is 0 Å². The summed E-state index contributed by atoms with van der Waals surface area (Å²) in [4.78, 5) is 22.3. The van der Waals surface area contributed by atoms with E-state index in [0.717, 1.165) is 25.7 Å². The van der Waals surface area contributed by atoms with Crippen molar-refractivity contribution in [3.8, 4) is 0 Å². The van der Waals surface area contributed by atoms with E-state index >= 15 is 0 Å². The molecule has 0 aliphatic heterocycles. The van der Waals surface area contributed by atoms with Gasteiger partial charge in [0, 0.05) is 0 Å². The maximum atomic E-state index is 11.3. The number of hydrogen-bond acceptors (Lipinski definition) is 3. The quantitative estimate of drug-likeness (QED) is 0.805. The largest absolute Gasteiger partial charge is 0.476 e. The van der Waals surface area contributed by atoms with Crippen molar-refractivity contribution >= 4 is 5.97 Å². The van der Waals surface area contributed by atoms with E-state index in [2.05, 4.69) is 0 Å². The normalized spacial score (nSPS) is 17.1. The molecule has 1 aliphatic carbocycles. The summed E-state index contributed by atoms with van der Waals surface area (Å²) < 4.78 is 6.26. The van der Waals surface area contributed by atoms with Crippen LogP contribution in [0.5, 0.6) is 0 Å². The zero-order chi connectivity index (χ0) is 11.0. The summed E-state index contributed by atoms with van der Waals surface area (Å²) in [6.45, 7) is 1.49. The lowest BCUT2D eigenvalue weighted by Gasteiger charge is -2.10. The molecule has 1 saturated carbocycles. The zero-order valence-corrected chi connectivity index (χ0v) is 8.52. The number of aromatic nitrogens is 1. The third kappa shape index (κ3) is 1.58. The molecule has 2 rings (SSSR count). The van der Waals surface area contributed by atoms with Crippen molar-refractivity contribution in [2.75, 3.05) is 0 Å². The Morgan fingerprint density at radius 2 is 2.07 bits per heavy atom. The SMILES string of the molecule is Cc1c(C(=O)O)n(C2CCCC2)oc1=O. The summed E-state index contributed by atoms with van der Waals surface area (Å²) in [5, 5.41) is 9.00. The number of hydrogen-bond donors (Lipinski definition) is 1. The molecule has 1 heterocycles. The second kappa shape index (κ2) is 3.56. The maximum absolute atomic E-state index is 11.3. The van der Waals surface area contributed by atoms with Crippen molar-refractivity contribution in [3.05, 3.63) is 21.7 Å². The molecule has 5 heteroatoms. The van der Waals surface area contributed by atoms with Gasteiger partial charge in [0.2, 0.25) is 0 Å². The van der Waals surface area contributed by atoms with Gasteiger partial charge in [0.15, 0.2) is 5.69 Å². The molecule has 0 bridgehead atoms. The zero-order valence-electron chi connectivity index (χ0n) is 8.52. The summed E-state index contributed by atoms with van der Waals surface area (Å²) in [6.07, 6.45) is 3.89. The van der Waals surface area contributed by atoms with Crippen molar-refractivity contribution in [2.24, 2.45) is 0 Å². The summed E-state index contributed by atoms with van der Waals surface area (Å²) in [5.41, 5.74) is -0.347. The second-order valence-electron chi connectivity index (χ2n) is 3.92. The van der Waals surface area contributed by atoms with Crippen LogP contribution in [0.2, 0.25) is 0 Å². The lowest BCUT2D eigenvalue weighted by atomic mass is 10.2. The molecule has 1 aromatic rings. The van der Waals surface area contributed by atoms with Crippen LogP contribution in [-0.2, 0) is 0 Å². The van der Waals surface area contributed by atoms with Crippen LogP contribution in [-0.4, -0.2) is 15.8 Å². The Morgan fingerprint density at radius 3 is 2.60 bits per heavy atom. The number of carboxylic acid groups (broad SMARTS) is 1. The molecule has 15 heavy (non-hydrogen) atoms. The lowest BCUT2D eigenvalue weighted by molar-refractivity contribution is 0.0657. The third-order valence-corrected chi connectivity index (χ3v) is 2.92. The van der Waals surface area contributed by atoms with E-state index in [-0.39, 0.29) is 17.3 Å². The molecule has 0 radical (unpaired) electrons. The molecule has 0 amide bonds. The van der Waals surface area contributed by atoms with E-state index in [9.17, 15) is 9.59 Å². The van der Waals surface area contributed by atoms with Gasteiger partial charge in [0.25, 0.3) is 0 Å². The van der Waals surface area contributed by atoms with Crippen molar-refractivity contribution in [3.63, 3.8) is 0 Å². The lowest BCUT2D eigenvalue weighted by Crippen LogP contribution is -2.12. The minimum atomic E-state index is -1.09. The molecule has 1 aliphatic rings. The summed E-state index contributed by atoms with van der Waals surface area (Å²) in [5.74, 6) is -1.09. The van der Waals surface area contributed by atoms with Crippen LogP contribution in [0.3, 0.4) is 0 Å². The highest BCUT2D eigenvalue weighted by Crippen LogP contribution is 2.30. The van der Waals surface area contributed by atoms with Crippen LogP contribution in [0.1, 0.15) is 47.8 Å². The molecule has 0 saturated heterocycles. The van der Waals surface area contributed by atoms with Gasteiger partial charge >= 0.3 is 11.6 Å². The van der Waals surface area contributed by atoms with Gasteiger partial charge in [0.05, 0.1) is 11.6 Å². The molecule has 1 aromatic heterocycles.